The van der Waals surface area contributed by atoms with Gasteiger partial charge in [0, 0.05) is 24.8 Å². The highest BCUT2D eigenvalue weighted by Gasteiger charge is 2.18. The first kappa shape index (κ1) is 21.7. The molecule has 2 aromatic carbocycles. The van der Waals surface area contributed by atoms with Gasteiger partial charge in [-0.3, -0.25) is 0 Å². The zero-order valence-corrected chi connectivity index (χ0v) is 18.7. The summed E-state index contributed by atoms with van der Waals surface area (Å²) >= 11 is 0. The first-order valence-corrected chi connectivity index (χ1v) is 10.5. The highest BCUT2D eigenvalue weighted by molar-refractivity contribution is 5.94. The van der Waals surface area contributed by atoms with Crippen molar-refractivity contribution in [1.29, 1.82) is 5.26 Å². The molecular formula is C25H24N6O2. The summed E-state index contributed by atoms with van der Waals surface area (Å²) in [6.45, 7) is 4.38. The highest BCUT2D eigenvalue weighted by Crippen LogP contribution is 2.33. The van der Waals surface area contributed by atoms with Gasteiger partial charge >= 0.3 is 6.03 Å². The minimum absolute atomic E-state index is 0.208. The molecule has 0 fully saturated rings. The standard InChI is InChI=1S/C25H24N6O2/c1-4-30(3)25(32)29-22-16-31-24(17(22)2)23(18(14-26)15-27-31)28-19-10-12-21(13-11-19)33-20-8-6-5-7-9-20/h5-13,15-16,28H,4H2,1-3H3,(H,29,32). The Hall–Kier alpha value is -4.51. The number of para-hydroxylation sites is 1. The Balaban J connectivity index is 1.64. The fourth-order valence-electron chi connectivity index (χ4n) is 3.36. The van der Waals surface area contributed by atoms with E-state index in [-0.39, 0.29) is 6.03 Å². The van der Waals surface area contributed by atoms with E-state index in [1.54, 1.807) is 22.7 Å². The smallest absolute Gasteiger partial charge is 0.321 e. The summed E-state index contributed by atoms with van der Waals surface area (Å²) in [6.07, 6.45) is 3.25. The number of benzene rings is 2. The minimum atomic E-state index is -0.208. The summed E-state index contributed by atoms with van der Waals surface area (Å²) in [7, 11) is 1.73. The molecule has 0 radical (unpaired) electrons. The first-order valence-electron chi connectivity index (χ1n) is 10.5. The number of ether oxygens (including phenoxy) is 1. The van der Waals surface area contributed by atoms with Crippen molar-refractivity contribution < 1.29 is 9.53 Å². The number of carbonyl (C=O) groups excluding carboxylic acids is 1. The van der Waals surface area contributed by atoms with Gasteiger partial charge in [-0.05, 0) is 50.2 Å². The number of urea groups is 1. The van der Waals surface area contributed by atoms with Gasteiger partial charge in [-0.1, -0.05) is 18.2 Å². The fourth-order valence-corrected chi connectivity index (χ4v) is 3.36. The second-order valence-electron chi connectivity index (χ2n) is 7.51. The SMILES string of the molecule is CCN(C)C(=O)Nc1cn2ncc(C#N)c(Nc3ccc(Oc4ccccc4)cc3)c2c1C. The molecule has 4 aromatic rings. The minimum Gasteiger partial charge on any atom is -0.457 e. The predicted molar refractivity (Wildman–Crippen MR) is 128 cm³/mol. The van der Waals surface area contributed by atoms with Crippen molar-refractivity contribution in [3.63, 3.8) is 0 Å². The highest BCUT2D eigenvalue weighted by atomic mass is 16.5. The molecule has 0 saturated heterocycles. The maximum Gasteiger partial charge on any atom is 0.321 e. The maximum atomic E-state index is 12.3. The fraction of sp³-hybridized carbons (Fsp3) is 0.160. The molecule has 2 heterocycles. The lowest BCUT2D eigenvalue weighted by atomic mass is 10.1. The van der Waals surface area contributed by atoms with Crippen LogP contribution >= 0.6 is 0 Å². The van der Waals surface area contributed by atoms with Gasteiger partial charge in [0.05, 0.1) is 34.8 Å². The third-order valence-electron chi connectivity index (χ3n) is 5.34. The molecular weight excluding hydrogens is 416 g/mol. The molecule has 4 rings (SSSR count). The Kier molecular flexibility index (Phi) is 6.13. The summed E-state index contributed by atoms with van der Waals surface area (Å²) < 4.78 is 7.51. The van der Waals surface area contributed by atoms with Gasteiger partial charge in [0.15, 0.2) is 0 Å². The van der Waals surface area contributed by atoms with Gasteiger partial charge in [-0.2, -0.15) is 10.4 Å². The van der Waals surface area contributed by atoms with E-state index < -0.39 is 0 Å². The third-order valence-corrected chi connectivity index (χ3v) is 5.34. The number of nitriles is 1. The quantitative estimate of drug-likeness (QED) is 0.411. The van der Waals surface area contributed by atoms with Crippen LogP contribution in [0.1, 0.15) is 18.1 Å². The Morgan fingerprint density at radius 3 is 2.52 bits per heavy atom. The zero-order valence-electron chi connectivity index (χ0n) is 18.7. The van der Waals surface area contributed by atoms with Crippen LogP contribution in [-0.4, -0.2) is 34.1 Å². The van der Waals surface area contributed by atoms with Crippen molar-refractivity contribution in [3.05, 3.63) is 78.1 Å². The van der Waals surface area contributed by atoms with E-state index in [0.717, 1.165) is 17.0 Å². The number of aryl methyl sites for hydroxylation is 1. The molecule has 0 aliphatic heterocycles. The molecule has 2 N–H and O–H groups in total. The molecule has 0 atom stereocenters. The molecule has 8 heteroatoms. The Labute approximate surface area is 192 Å². The summed E-state index contributed by atoms with van der Waals surface area (Å²) in [4.78, 5) is 13.9. The van der Waals surface area contributed by atoms with Gasteiger partial charge in [-0.15, -0.1) is 0 Å². The van der Waals surface area contributed by atoms with E-state index in [9.17, 15) is 10.1 Å². The van der Waals surface area contributed by atoms with Gasteiger partial charge in [-0.25, -0.2) is 9.31 Å². The average Bonchev–Trinajstić information content (AvgIpc) is 3.16. The number of aromatic nitrogens is 2. The lowest BCUT2D eigenvalue weighted by Gasteiger charge is -2.15. The number of hydrogen-bond acceptors (Lipinski definition) is 5. The van der Waals surface area contributed by atoms with Gasteiger partial charge < -0.3 is 20.3 Å². The molecule has 166 valence electrons. The summed E-state index contributed by atoms with van der Waals surface area (Å²) in [5, 5.41) is 20.3. The third kappa shape index (κ3) is 4.57. The number of nitrogens with zero attached hydrogens (tertiary/aromatic N) is 4. The lowest BCUT2D eigenvalue weighted by Crippen LogP contribution is -2.30. The monoisotopic (exact) mass is 440 g/mol. The molecule has 0 bridgehead atoms. The molecule has 0 aliphatic carbocycles. The van der Waals surface area contributed by atoms with E-state index in [1.165, 1.54) is 6.20 Å². The van der Waals surface area contributed by atoms with Gasteiger partial charge in [0.1, 0.15) is 17.6 Å². The van der Waals surface area contributed by atoms with E-state index in [0.29, 0.717) is 34.7 Å². The molecule has 0 unspecified atom stereocenters. The lowest BCUT2D eigenvalue weighted by molar-refractivity contribution is 0.224. The van der Waals surface area contributed by atoms with Crippen molar-refractivity contribution in [2.45, 2.75) is 13.8 Å². The van der Waals surface area contributed by atoms with Crippen molar-refractivity contribution in [2.24, 2.45) is 0 Å². The number of nitrogens with one attached hydrogen (secondary N) is 2. The Morgan fingerprint density at radius 2 is 1.85 bits per heavy atom. The van der Waals surface area contributed by atoms with Crippen LogP contribution in [0.3, 0.4) is 0 Å². The molecule has 2 aromatic heterocycles. The second kappa shape index (κ2) is 9.32. The second-order valence-corrected chi connectivity index (χ2v) is 7.51. The first-order chi connectivity index (χ1) is 16.0. The number of fused-ring (bicyclic) bond motifs is 1. The van der Waals surface area contributed by atoms with Crippen molar-refractivity contribution in [2.75, 3.05) is 24.2 Å². The van der Waals surface area contributed by atoms with Crippen LogP contribution in [0, 0.1) is 18.3 Å². The predicted octanol–water partition coefficient (Wildman–Crippen LogP) is 5.53. The maximum absolute atomic E-state index is 12.3. The Morgan fingerprint density at radius 1 is 1.15 bits per heavy atom. The zero-order chi connectivity index (χ0) is 23.4. The molecule has 0 spiro atoms. The number of carbonyl (C=O) groups is 1. The van der Waals surface area contributed by atoms with Gasteiger partial charge in [0.2, 0.25) is 0 Å². The van der Waals surface area contributed by atoms with Crippen molar-refractivity contribution >= 4 is 28.6 Å². The van der Waals surface area contributed by atoms with Gasteiger partial charge in [0.25, 0.3) is 0 Å². The molecule has 2 amide bonds. The number of anilines is 3. The van der Waals surface area contributed by atoms with Crippen LogP contribution in [0.25, 0.3) is 5.52 Å². The topological polar surface area (TPSA) is 94.7 Å². The number of amides is 2. The van der Waals surface area contributed by atoms with Crippen LogP contribution in [0.2, 0.25) is 0 Å². The van der Waals surface area contributed by atoms with Crippen LogP contribution < -0.4 is 15.4 Å². The number of rotatable bonds is 6. The molecule has 0 saturated carbocycles. The van der Waals surface area contributed by atoms with E-state index in [2.05, 4.69) is 21.8 Å². The van der Waals surface area contributed by atoms with Crippen molar-refractivity contribution in [3.8, 4) is 17.6 Å². The summed E-state index contributed by atoms with van der Waals surface area (Å²) in [5.41, 5.74) is 3.97. The molecule has 0 aliphatic rings. The summed E-state index contributed by atoms with van der Waals surface area (Å²) in [6, 6.07) is 19.0. The molecule has 8 nitrogen and oxygen atoms in total. The van der Waals surface area contributed by atoms with E-state index in [4.69, 9.17) is 4.74 Å². The van der Waals surface area contributed by atoms with E-state index >= 15 is 0 Å². The Bertz CT molecular complexity index is 1320. The average molecular weight is 441 g/mol. The molecule has 33 heavy (non-hydrogen) atoms. The largest absolute Gasteiger partial charge is 0.457 e. The number of hydrogen-bond donors (Lipinski definition) is 2. The van der Waals surface area contributed by atoms with Crippen LogP contribution in [-0.2, 0) is 0 Å². The van der Waals surface area contributed by atoms with Crippen molar-refractivity contribution in [1.82, 2.24) is 14.5 Å². The van der Waals surface area contributed by atoms with Crippen LogP contribution in [0.15, 0.2) is 67.0 Å². The van der Waals surface area contributed by atoms with E-state index in [1.807, 2.05) is 68.4 Å². The van der Waals surface area contributed by atoms with Crippen LogP contribution in [0.5, 0.6) is 11.5 Å². The van der Waals surface area contributed by atoms with Crippen LogP contribution in [0.4, 0.5) is 21.9 Å². The normalized spacial score (nSPS) is 10.5. The summed E-state index contributed by atoms with van der Waals surface area (Å²) in [5.74, 6) is 1.46.